The lowest BCUT2D eigenvalue weighted by atomic mass is 9.99. The lowest BCUT2D eigenvalue weighted by molar-refractivity contribution is -0.299. The van der Waals surface area contributed by atoms with Crippen molar-refractivity contribution in [2.45, 2.75) is 72.2 Å². The molecule has 1 fully saturated rings. The molecule has 240 valence electrons. The molecule has 0 saturated carbocycles. The average Bonchev–Trinajstić information content (AvgIpc) is 2.97. The molecule has 5 N–H and O–H groups in total. The monoisotopic (exact) mass is 608 g/mol. The summed E-state index contributed by atoms with van der Waals surface area (Å²) in [6, 6.07) is 0. The minimum Gasteiger partial charge on any atom is -0.478 e. The van der Waals surface area contributed by atoms with Crippen LogP contribution in [0.15, 0.2) is 131 Å². The second kappa shape index (κ2) is 21.1. The molecule has 8 nitrogen and oxygen atoms in total. The van der Waals surface area contributed by atoms with E-state index in [2.05, 4.69) is 0 Å². The number of allylic oxidation sites excluding steroid dienone is 20. The Morgan fingerprint density at radius 1 is 0.636 bits per heavy atom. The molecule has 0 aliphatic carbocycles. The summed E-state index contributed by atoms with van der Waals surface area (Å²) in [6.45, 7) is 11.0. The number of aliphatic hydroxyl groups is 4. The van der Waals surface area contributed by atoms with Gasteiger partial charge < -0.3 is 35.0 Å². The van der Waals surface area contributed by atoms with Crippen LogP contribution in [0.25, 0.3) is 0 Å². The van der Waals surface area contributed by atoms with E-state index < -0.39 is 43.3 Å². The van der Waals surface area contributed by atoms with Crippen LogP contribution < -0.4 is 0 Å². The number of carboxylic acids is 1. The molecule has 0 bridgehead atoms. The first-order valence-electron chi connectivity index (χ1n) is 14.4. The number of carboxylic acid groups (broad SMARTS) is 1. The van der Waals surface area contributed by atoms with Crippen LogP contribution in [0.1, 0.15) is 41.5 Å². The van der Waals surface area contributed by atoms with Crippen LogP contribution in [0.5, 0.6) is 0 Å². The molecule has 1 aliphatic heterocycles. The van der Waals surface area contributed by atoms with Crippen LogP contribution in [-0.2, 0) is 14.3 Å². The third-order valence-corrected chi connectivity index (χ3v) is 6.37. The molecule has 1 aliphatic rings. The van der Waals surface area contributed by atoms with Crippen molar-refractivity contribution in [3.05, 3.63) is 131 Å². The molecule has 44 heavy (non-hydrogen) atoms. The Kier molecular flexibility index (Phi) is 18.4. The van der Waals surface area contributed by atoms with Gasteiger partial charge in [-0.25, -0.2) is 4.79 Å². The maximum absolute atomic E-state index is 10.8. The first kappa shape index (κ1) is 38.4. The number of carbonyl (C=O) groups is 1. The zero-order valence-corrected chi connectivity index (χ0v) is 26.5. The van der Waals surface area contributed by atoms with Crippen LogP contribution >= 0.6 is 0 Å². The maximum atomic E-state index is 10.8. The SMILES string of the molecule is CC(/C=C/C=C(C)/C=C/C=C(\C)CO[C@@H]1O[C@H](CO)[C@@H](O)[C@H](O)[C@H]1O)=C\C=C\C=C(C)\C=C\C=C(C)\C=C\C=C(/C)C(=O)O. The molecule has 0 unspecified atom stereocenters. The van der Waals surface area contributed by atoms with Crippen molar-refractivity contribution in [1.29, 1.82) is 0 Å². The van der Waals surface area contributed by atoms with Crippen LogP contribution in [0.2, 0.25) is 0 Å². The van der Waals surface area contributed by atoms with E-state index in [9.17, 15) is 25.2 Å². The van der Waals surface area contributed by atoms with Gasteiger partial charge in [0.15, 0.2) is 6.29 Å². The summed E-state index contributed by atoms with van der Waals surface area (Å²) in [4.78, 5) is 10.8. The third-order valence-electron chi connectivity index (χ3n) is 6.37. The van der Waals surface area contributed by atoms with E-state index in [4.69, 9.17) is 14.6 Å². The summed E-state index contributed by atoms with van der Waals surface area (Å²) in [7, 11) is 0. The van der Waals surface area contributed by atoms with Gasteiger partial charge in [-0.1, -0.05) is 120 Å². The number of aliphatic hydroxyl groups excluding tert-OH is 4. The Morgan fingerprint density at radius 3 is 1.52 bits per heavy atom. The second-order valence-corrected chi connectivity index (χ2v) is 10.6. The van der Waals surface area contributed by atoms with Gasteiger partial charge in [0.2, 0.25) is 0 Å². The fraction of sp³-hybridized carbons (Fsp3) is 0.361. The Morgan fingerprint density at radius 2 is 1.07 bits per heavy atom. The number of rotatable bonds is 15. The van der Waals surface area contributed by atoms with Gasteiger partial charge >= 0.3 is 5.97 Å². The highest BCUT2D eigenvalue weighted by Gasteiger charge is 2.43. The molecule has 0 aromatic heterocycles. The second-order valence-electron chi connectivity index (χ2n) is 10.6. The van der Waals surface area contributed by atoms with Crippen LogP contribution in [0, 0.1) is 0 Å². The number of hydrogen-bond acceptors (Lipinski definition) is 7. The molecule has 8 heteroatoms. The van der Waals surface area contributed by atoms with Crippen molar-refractivity contribution in [3.63, 3.8) is 0 Å². The fourth-order valence-corrected chi connectivity index (χ4v) is 3.59. The van der Waals surface area contributed by atoms with Crippen molar-refractivity contribution in [2.24, 2.45) is 0 Å². The smallest absolute Gasteiger partial charge is 0.331 e. The highest BCUT2D eigenvalue weighted by molar-refractivity contribution is 5.86. The summed E-state index contributed by atoms with van der Waals surface area (Å²) in [5, 5.41) is 47.9. The summed E-state index contributed by atoms with van der Waals surface area (Å²) in [5.74, 6) is -0.924. The number of aliphatic carboxylic acids is 1. The lowest BCUT2D eigenvalue weighted by Gasteiger charge is -2.39. The zero-order chi connectivity index (χ0) is 33.1. The largest absolute Gasteiger partial charge is 0.478 e. The van der Waals surface area contributed by atoms with Crippen molar-refractivity contribution in [3.8, 4) is 0 Å². The van der Waals surface area contributed by atoms with Crippen molar-refractivity contribution in [1.82, 2.24) is 0 Å². The average molecular weight is 609 g/mol. The van der Waals surface area contributed by atoms with Gasteiger partial charge in [-0.2, -0.15) is 0 Å². The van der Waals surface area contributed by atoms with Crippen LogP contribution in [0.4, 0.5) is 0 Å². The van der Waals surface area contributed by atoms with E-state index >= 15 is 0 Å². The third kappa shape index (κ3) is 15.7. The Balaban J connectivity index is 2.54. The van der Waals surface area contributed by atoms with Crippen LogP contribution in [0.3, 0.4) is 0 Å². The van der Waals surface area contributed by atoms with Gasteiger partial charge in [-0.05, 0) is 47.1 Å². The van der Waals surface area contributed by atoms with Gasteiger partial charge in [0.1, 0.15) is 24.4 Å². The zero-order valence-electron chi connectivity index (χ0n) is 26.5. The highest BCUT2D eigenvalue weighted by atomic mass is 16.7. The maximum Gasteiger partial charge on any atom is 0.331 e. The molecule has 1 saturated heterocycles. The van der Waals surface area contributed by atoms with Gasteiger partial charge in [-0.3, -0.25) is 0 Å². The summed E-state index contributed by atoms with van der Waals surface area (Å²) < 4.78 is 10.9. The minimum absolute atomic E-state index is 0.141. The van der Waals surface area contributed by atoms with Crippen molar-refractivity contribution < 1.29 is 39.8 Å². The highest BCUT2D eigenvalue weighted by Crippen LogP contribution is 2.22. The quantitative estimate of drug-likeness (QED) is 0.124. The first-order chi connectivity index (χ1) is 20.8. The van der Waals surface area contributed by atoms with Gasteiger partial charge in [-0.15, -0.1) is 0 Å². The van der Waals surface area contributed by atoms with E-state index in [1.54, 1.807) is 19.1 Å². The predicted octanol–water partition coefficient (Wildman–Crippen LogP) is 5.35. The van der Waals surface area contributed by atoms with Crippen molar-refractivity contribution >= 4 is 5.97 Å². The molecule has 0 aromatic carbocycles. The molecule has 1 rings (SSSR count). The van der Waals surface area contributed by atoms with Gasteiger partial charge in [0, 0.05) is 5.57 Å². The topological polar surface area (TPSA) is 137 Å². The minimum atomic E-state index is -1.46. The molecule has 1 heterocycles. The van der Waals surface area contributed by atoms with Crippen LogP contribution in [-0.4, -0.2) is 75.4 Å². The molecular formula is C36H48O8. The Bertz CT molecular complexity index is 1260. The normalized spacial score (nSPS) is 25.5. The molecule has 0 radical (unpaired) electrons. The van der Waals surface area contributed by atoms with Crippen molar-refractivity contribution in [2.75, 3.05) is 13.2 Å². The standard InChI is InChI=1S/C36H48O8/c1-25(13-7-8-14-26(2)16-10-18-28(4)20-12-22-30(6)35(41)42)15-9-17-27(3)19-11-21-29(5)24-43-36-34(40)33(39)32(38)31(23-37)44-36/h7-22,31-34,36-40H,23-24H2,1-6H3,(H,41,42)/b8-7+,15-9+,16-10+,19-11+,20-12+,25-13+,26-14+,27-17+,28-18+,29-21+,30-22+/t31-,32-,33+,34-,36-/m1/s1. The summed E-state index contributed by atoms with van der Waals surface area (Å²) in [5.41, 5.74) is 5.38. The Labute approximate surface area is 261 Å². The predicted molar refractivity (Wildman–Crippen MR) is 176 cm³/mol. The molecule has 0 spiro atoms. The Hall–Kier alpha value is -3.63. The van der Waals surface area contributed by atoms with E-state index in [0.29, 0.717) is 0 Å². The summed E-state index contributed by atoms with van der Waals surface area (Å²) in [6.07, 6.45) is 24.3. The first-order valence-corrected chi connectivity index (χ1v) is 14.4. The number of ether oxygens (including phenoxy) is 2. The van der Waals surface area contributed by atoms with E-state index in [1.165, 1.54) is 0 Å². The number of hydrogen-bond donors (Lipinski definition) is 5. The van der Waals surface area contributed by atoms with Gasteiger partial charge in [0.25, 0.3) is 0 Å². The molecular weight excluding hydrogens is 560 g/mol. The van der Waals surface area contributed by atoms with E-state index in [-0.39, 0.29) is 12.2 Å². The summed E-state index contributed by atoms with van der Waals surface area (Å²) >= 11 is 0. The molecule has 0 amide bonds. The fourth-order valence-electron chi connectivity index (χ4n) is 3.59. The van der Waals surface area contributed by atoms with E-state index in [0.717, 1.165) is 27.9 Å². The van der Waals surface area contributed by atoms with Gasteiger partial charge in [0.05, 0.1) is 13.2 Å². The molecule has 5 atom stereocenters. The van der Waals surface area contributed by atoms with E-state index in [1.807, 2.05) is 120 Å². The lowest BCUT2D eigenvalue weighted by Crippen LogP contribution is -2.59. The molecule has 0 aromatic rings.